The molecule has 4 nitrogen and oxygen atoms in total. The molecule has 1 aromatic rings. The summed E-state index contributed by atoms with van der Waals surface area (Å²) in [6.07, 6.45) is 8.47. The predicted octanol–water partition coefficient (Wildman–Crippen LogP) is 2.82. The van der Waals surface area contributed by atoms with Crippen molar-refractivity contribution in [1.82, 2.24) is 5.32 Å². The fourth-order valence-electron chi connectivity index (χ4n) is 3.36. The van der Waals surface area contributed by atoms with Crippen molar-refractivity contribution in [3.63, 3.8) is 0 Å². The molecule has 2 aliphatic heterocycles. The maximum atomic E-state index is 11.8. The number of benzene rings is 1. The monoisotopic (exact) mass is 311 g/mol. The first kappa shape index (κ1) is 15.9. The van der Waals surface area contributed by atoms with Crippen molar-refractivity contribution in [3.05, 3.63) is 35.4 Å². The summed E-state index contributed by atoms with van der Waals surface area (Å²) >= 11 is 0. The fourth-order valence-corrected chi connectivity index (χ4v) is 3.36. The third kappa shape index (κ3) is 3.53. The molecule has 1 aromatic carbocycles. The predicted molar refractivity (Wildman–Crippen MR) is 96.2 cm³/mol. The van der Waals surface area contributed by atoms with Gasteiger partial charge in [0.1, 0.15) is 0 Å². The Hall–Kier alpha value is -1.94. The van der Waals surface area contributed by atoms with Crippen LogP contribution in [0.3, 0.4) is 0 Å². The Morgan fingerprint density at radius 1 is 1.43 bits per heavy atom. The van der Waals surface area contributed by atoms with E-state index < -0.39 is 0 Å². The van der Waals surface area contributed by atoms with Crippen LogP contribution >= 0.6 is 0 Å². The van der Waals surface area contributed by atoms with Crippen molar-refractivity contribution >= 4 is 23.4 Å². The van der Waals surface area contributed by atoms with E-state index in [1.807, 2.05) is 18.2 Å². The van der Waals surface area contributed by atoms with E-state index in [1.165, 1.54) is 16.7 Å². The lowest BCUT2D eigenvalue weighted by Crippen LogP contribution is -2.33. The van der Waals surface area contributed by atoms with Crippen LogP contribution in [0, 0.1) is 0 Å². The molecule has 4 heteroatoms. The van der Waals surface area contributed by atoms with Gasteiger partial charge in [-0.3, -0.25) is 9.79 Å². The molecular formula is C19H25N3O. The summed E-state index contributed by atoms with van der Waals surface area (Å²) in [6.45, 7) is 3.48. The second-order valence-electron chi connectivity index (χ2n) is 6.34. The Bertz CT molecular complexity index is 648. The van der Waals surface area contributed by atoms with Crippen molar-refractivity contribution in [2.75, 3.05) is 25.0 Å². The smallest absolute Gasteiger partial charge is 0.223 e. The van der Waals surface area contributed by atoms with Crippen molar-refractivity contribution < 1.29 is 4.79 Å². The van der Waals surface area contributed by atoms with E-state index in [1.54, 1.807) is 6.92 Å². The summed E-state index contributed by atoms with van der Waals surface area (Å²) in [5.74, 6) is 0.129. The quantitative estimate of drug-likeness (QED) is 0.929. The number of allylic oxidation sites excluding steroid dienone is 1. The topological polar surface area (TPSA) is 44.7 Å². The Kier molecular flexibility index (Phi) is 4.91. The summed E-state index contributed by atoms with van der Waals surface area (Å²) < 4.78 is 0. The number of dihydropyridines is 1. The molecule has 23 heavy (non-hydrogen) atoms. The number of rotatable bonds is 4. The van der Waals surface area contributed by atoms with Gasteiger partial charge < -0.3 is 10.2 Å². The zero-order valence-corrected chi connectivity index (χ0v) is 14.0. The first-order chi connectivity index (χ1) is 11.2. The number of carbonyl (C=O) groups excluding carboxylic acids is 1. The third-order valence-corrected chi connectivity index (χ3v) is 4.67. The highest BCUT2D eigenvalue weighted by Gasteiger charge is 2.20. The minimum atomic E-state index is 0.129. The molecule has 2 heterocycles. The summed E-state index contributed by atoms with van der Waals surface area (Å²) in [5.41, 5.74) is 4.77. The second-order valence-corrected chi connectivity index (χ2v) is 6.34. The van der Waals surface area contributed by atoms with Gasteiger partial charge in [-0.15, -0.1) is 0 Å². The number of aliphatic imine (C=N–C) groups is 1. The number of nitrogens with zero attached hydrogens (tertiary/aromatic N) is 2. The molecule has 0 saturated heterocycles. The van der Waals surface area contributed by atoms with Crippen molar-refractivity contribution in [2.24, 2.45) is 4.99 Å². The number of hydrogen-bond acceptors (Lipinski definition) is 3. The average Bonchev–Trinajstić information content (AvgIpc) is 2.59. The molecule has 0 fully saturated rings. The first-order valence-electron chi connectivity index (χ1n) is 8.48. The van der Waals surface area contributed by atoms with E-state index in [0.29, 0.717) is 6.04 Å². The number of aryl methyl sites for hydroxylation is 1. The summed E-state index contributed by atoms with van der Waals surface area (Å²) in [6, 6.07) is 6.84. The SMILES string of the molecule is CNCCC1CC=C(c2ccc3c(c2)CCCN3C(C)=O)C=N1. The van der Waals surface area contributed by atoms with Crippen LogP contribution in [0.5, 0.6) is 0 Å². The van der Waals surface area contributed by atoms with Gasteiger partial charge in [0.25, 0.3) is 0 Å². The summed E-state index contributed by atoms with van der Waals surface area (Å²) in [4.78, 5) is 18.3. The minimum Gasteiger partial charge on any atom is -0.320 e. The molecule has 0 aromatic heterocycles. The Morgan fingerprint density at radius 3 is 3.00 bits per heavy atom. The Morgan fingerprint density at radius 2 is 2.30 bits per heavy atom. The molecule has 1 N–H and O–H groups in total. The maximum absolute atomic E-state index is 11.8. The molecule has 0 radical (unpaired) electrons. The van der Waals surface area contributed by atoms with Gasteiger partial charge in [-0.25, -0.2) is 0 Å². The van der Waals surface area contributed by atoms with E-state index in [9.17, 15) is 4.79 Å². The van der Waals surface area contributed by atoms with Crippen LogP contribution in [0.1, 0.15) is 37.3 Å². The average molecular weight is 311 g/mol. The van der Waals surface area contributed by atoms with Gasteiger partial charge in [-0.2, -0.15) is 0 Å². The zero-order valence-electron chi connectivity index (χ0n) is 14.0. The highest BCUT2D eigenvalue weighted by Crippen LogP contribution is 2.30. The largest absolute Gasteiger partial charge is 0.320 e. The van der Waals surface area contributed by atoms with Crippen LogP contribution in [0.15, 0.2) is 29.3 Å². The van der Waals surface area contributed by atoms with Crippen LogP contribution in [-0.4, -0.2) is 38.3 Å². The van der Waals surface area contributed by atoms with Crippen LogP contribution in [0.25, 0.3) is 5.57 Å². The molecule has 3 rings (SSSR count). The molecule has 122 valence electrons. The van der Waals surface area contributed by atoms with Crippen molar-refractivity contribution in [2.45, 2.75) is 38.6 Å². The fraction of sp³-hybridized carbons (Fsp3) is 0.474. The standard InChI is InChI=1S/C19H25N3O/c1-14(23)22-11-3-4-16-12-15(6-8-19(16)22)17-5-7-18(21-13-17)9-10-20-2/h5-6,8,12-13,18,20H,3-4,7,9-11H2,1-2H3. The lowest BCUT2D eigenvalue weighted by Gasteiger charge is -2.29. The third-order valence-electron chi connectivity index (χ3n) is 4.67. The maximum Gasteiger partial charge on any atom is 0.223 e. The van der Waals surface area contributed by atoms with Crippen LogP contribution in [0.2, 0.25) is 0 Å². The van der Waals surface area contributed by atoms with Crippen molar-refractivity contribution in [1.29, 1.82) is 0 Å². The molecule has 0 bridgehead atoms. The second kappa shape index (κ2) is 7.09. The van der Waals surface area contributed by atoms with Gasteiger partial charge in [0.15, 0.2) is 0 Å². The van der Waals surface area contributed by atoms with Gasteiger partial charge in [0, 0.05) is 25.4 Å². The highest BCUT2D eigenvalue weighted by atomic mass is 16.2. The first-order valence-corrected chi connectivity index (χ1v) is 8.48. The van der Waals surface area contributed by atoms with Crippen molar-refractivity contribution in [3.8, 4) is 0 Å². The highest BCUT2D eigenvalue weighted by molar-refractivity contribution is 6.10. The van der Waals surface area contributed by atoms with Crippen LogP contribution in [0.4, 0.5) is 5.69 Å². The van der Waals surface area contributed by atoms with E-state index in [-0.39, 0.29) is 5.91 Å². The molecule has 0 aliphatic carbocycles. The number of amides is 1. The molecule has 0 spiro atoms. The zero-order chi connectivity index (χ0) is 16.2. The Labute approximate surface area is 138 Å². The van der Waals surface area contributed by atoms with Gasteiger partial charge in [-0.1, -0.05) is 12.1 Å². The van der Waals surface area contributed by atoms with Gasteiger partial charge in [-0.05, 0) is 68.1 Å². The number of fused-ring (bicyclic) bond motifs is 1. The van der Waals surface area contributed by atoms with Crippen LogP contribution < -0.4 is 10.2 Å². The van der Waals surface area contributed by atoms with Gasteiger partial charge in [0.05, 0.1) is 6.04 Å². The summed E-state index contributed by atoms with van der Waals surface area (Å²) in [7, 11) is 1.98. The number of carbonyl (C=O) groups is 1. The lowest BCUT2D eigenvalue weighted by atomic mass is 9.94. The normalized spacial score (nSPS) is 20.2. The van der Waals surface area contributed by atoms with Gasteiger partial charge >= 0.3 is 0 Å². The van der Waals surface area contributed by atoms with Gasteiger partial charge in [0.2, 0.25) is 5.91 Å². The van der Waals surface area contributed by atoms with E-state index in [0.717, 1.165) is 44.5 Å². The summed E-state index contributed by atoms with van der Waals surface area (Å²) in [5, 5.41) is 3.18. The van der Waals surface area contributed by atoms with E-state index in [4.69, 9.17) is 0 Å². The number of anilines is 1. The number of nitrogens with one attached hydrogen (secondary N) is 1. The van der Waals surface area contributed by atoms with E-state index in [2.05, 4.69) is 34.6 Å². The Balaban J connectivity index is 1.77. The van der Waals surface area contributed by atoms with E-state index >= 15 is 0 Å². The molecular weight excluding hydrogens is 286 g/mol. The molecule has 0 saturated carbocycles. The van der Waals surface area contributed by atoms with Crippen LogP contribution in [-0.2, 0) is 11.2 Å². The molecule has 1 atom stereocenters. The molecule has 2 aliphatic rings. The number of hydrogen-bond donors (Lipinski definition) is 1. The lowest BCUT2D eigenvalue weighted by molar-refractivity contribution is -0.116. The minimum absolute atomic E-state index is 0.129. The molecule has 1 amide bonds. The molecule has 1 unspecified atom stereocenters.